The van der Waals surface area contributed by atoms with Crippen LogP contribution in [0.15, 0.2) is 34.6 Å². The summed E-state index contributed by atoms with van der Waals surface area (Å²) in [5.41, 5.74) is 5.63. The fraction of sp³-hybridized carbons (Fsp3) is 0.600. The Hall–Kier alpha value is -2.22. The number of Topliss-reactive ketones (excluding diaryl/α,β-unsaturated/α-hetero) is 1. The third-order valence-electron chi connectivity index (χ3n) is 6.84. The van der Waals surface area contributed by atoms with E-state index in [0.717, 1.165) is 43.4 Å². The van der Waals surface area contributed by atoms with Crippen LogP contribution in [0.4, 0.5) is 18.9 Å². The summed E-state index contributed by atoms with van der Waals surface area (Å²) in [6.45, 7) is 9.60. The fourth-order valence-electron chi connectivity index (χ4n) is 4.63. The Bertz CT molecular complexity index is 1010. The van der Waals surface area contributed by atoms with E-state index in [4.69, 9.17) is 17.3 Å². The van der Waals surface area contributed by atoms with Crippen molar-refractivity contribution in [3.05, 3.63) is 40.7 Å². The van der Waals surface area contributed by atoms with Crippen molar-refractivity contribution >= 4 is 28.4 Å². The van der Waals surface area contributed by atoms with Crippen LogP contribution in [0.25, 0.3) is 0 Å². The molecule has 0 amide bonds. The SMILES string of the molecule is C[C@@H](NC1=C2CC(CCC(=O)C(C)(C)C)CCC2(C)N=C(Cl)N1)c1cc(N)cc(C(F)(F)F)c1. The Kier molecular flexibility index (Phi) is 7.32. The number of anilines is 1. The van der Waals surface area contributed by atoms with Crippen LogP contribution in [0.2, 0.25) is 0 Å². The number of benzene rings is 1. The number of aliphatic imine (C=N–C) groups is 1. The molecule has 1 saturated carbocycles. The van der Waals surface area contributed by atoms with E-state index in [0.29, 0.717) is 23.7 Å². The molecular weight excluding hydrogens is 465 g/mol. The number of nitrogens with one attached hydrogen (secondary N) is 2. The van der Waals surface area contributed by atoms with Crippen molar-refractivity contribution in [3.8, 4) is 0 Å². The molecule has 0 spiro atoms. The van der Waals surface area contributed by atoms with Crippen molar-refractivity contribution in [2.75, 3.05) is 5.73 Å². The minimum Gasteiger partial charge on any atom is -0.399 e. The molecule has 2 unspecified atom stereocenters. The lowest BCUT2D eigenvalue weighted by Crippen LogP contribution is -2.45. The van der Waals surface area contributed by atoms with Crippen molar-refractivity contribution in [2.24, 2.45) is 16.3 Å². The minimum absolute atomic E-state index is 0.0541. The first-order valence-electron chi connectivity index (χ1n) is 11.6. The normalized spacial score (nSPS) is 24.1. The Morgan fingerprint density at radius 2 is 2.00 bits per heavy atom. The number of nitrogens with zero attached hydrogens (tertiary/aromatic N) is 1. The van der Waals surface area contributed by atoms with Gasteiger partial charge in [-0.25, -0.2) is 4.99 Å². The molecule has 1 aliphatic heterocycles. The first-order chi connectivity index (χ1) is 15.6. The van der Waals surface area contributed by atoms with E-state index >= 15 is 0 Å². The van der Waals surface area contributed by atoms with Crippen LogP contribution in [0.5, 0.6) is 0 Å². The summed E-state index contributed by atoms with van der Waals surface area (Å²) in [6.07, 6.45) is -0.722. The highest BCUT2D eigenvalue weighted by Crippen LogP contribution is 2.44. The molecule has 2 aliphatic rings. The Balaban J connectivity index is 1.84. The highest BCUT2D eigenvalue weighted by Gasteiger charge is 2.41. The molecule has 1 heterocycles. The third-order valence-corrected chi connectivity index (χ3v) is 7.02. The molecule has 1 aliphatic carbocycles. The summed E-state index contributed by atoms with van der Waals surface area (Å²) in [5.74, 6) is 1.23. The van der Waals surface area contributed by atoms with E-state index in [1.165, 1.54) is 6.07 Å². The van der Waals surface area contributed by atoms with Crippen molar-refractivity contribution < 1.29 is 18.0 Å². The predicted molar refractivity (Wildman–Crippen MR) is 130 cm³/mol. The molecule has 9 heteroatoms. The van der Waals surface area contributed by atoms with Crippen LogP contribution in [-0.4, -0.2) is 16.6 Å². The number of amidine groups is 1. The monoisotopic (exact) mass is 498 g/mol. The molecule has 1 fully saturated rings. The zero-order valence-corrected chi connectivity index (χ0v) is 21.1. The second kappa shape index (κ2) is 9.44. The zero-order valence-electron chi connectivity index (χ0n) is 20.4. The first-order valence-corrected chi connectivity index (χ1v) is 12.0. The van der Waals surface area contributed by atoms with Gasteiger partial charge in [-0.2, -0.15) is 13.2 Å². The Morgan fingerprint density at radius 1 is 1.32 bits per heavy atom. The van der Waals surface area contributed by atoms with Crippen LogP contribution in [0.1, 0.15) is 83.9 Å². The number of nitrogen functional groups attached to an aromatic ring is 1. The van der Waals surface area contributed by atoms with Gasteiger partial charge < -0.3 is 16.4 Å². The molecule has 0 radical (unpaired) electrons. The summed E-state index contributed by atoms with van der Waals surface area (Å²) >= 11 is 6.30. The zero-order chi connectivity index (χ0) is 25.5. The number of rotatable bonds is 6. The largest absolute Gasteiger partial charge is 0.416 e. The van der Waals surface area contributed by atoms with Gasteiger partial charge in [-0.05, 0) is 86.4 Å². The van der Waals surface area contributed by atoms with Gasteiger partial charge >= 0.3 is 6.18 Å². The molecule has 1 aromatic rings. The molecule has 0 bridgehead atoms. The Morgan fingerprint density at radius 3 is 2.62 bits per heavy atom. The van der Waals surface area contributed by atoms with Crippen LogP contribution in [0, 0.1) is 11.3 Å². The van der Waals surface area contributed by atoms with Gasteiger partial charge in [-0.3, -0.25) is 4.79 Å². The third kappa shape index (κ3) is 6.06. The first kappa shape index (κ1) is 26.4. The average molecular weight is 499 g/mol. The van der Waals surface area contributed by atoms with Gasteiger partial charge in [0.1, 0.15) is 11.6 Å². The second-order valence-electron chi connectivity index (χ2n) is 10.7. The average Bonchev–Trinajstić information content (AvgIpc) is 2.69. The molecule has 0 aromatic heterocycles. The van der Waals surface area contributed by atoms with Crippen molar-refractivity contribution in [2.45, 2.75) is 84.5 Å². The molecule has 188 valence electrons. The van der Waals surface area contributed by atoms with Gasteiger partial charge in [-0.1, -0.05) is 20.8 Å². The number of ketones is 1. The van der Waals surface area contributed by atoms with Gasteiger partial charge in [0.2, 0.25) is 0 Å². The number of halogens is 4. The smallest absolute Gasteiger partial charge is 0.399 e. The summed E-state index contributed by atoms with van der Waals surface area (Å²) in [7, 11) is 0. The van der Waals surface area contributed by atoms with E-state index in [1.807, 2.05) is 27.7 Å². The number of alkyl halides is 3. The van der Waals surface area contributed by atoms with E-state index in [9.17, 15) is 18.0 Å². The van der Waals surface area contributed by atoms with Gasteiger partial charge in [0.25, 0.3) is 0 Å². The maximum atomic E-state index is 13.3. The van der Waals surface area contributed by atoms with E-state index in [1.54, 1.807) is 6.92 Å². The lowest BCUT2D eigenvalue weighted by molar-refractivity contribution is -0.137. The van der Waals surface area contributed by atoms with E-state index in [2.05, 4.69) is 15.6 Å². The van der Waals surface area contributed by atoms with E-state index < -0.39 is 23.3 Å². The van der Waals surface area contributed by atoms with E-state index in [-0.39, 0.29) is 22.2 Å². The number of hydrogen-bond acceptors (Lipinski definition) is 5. The molecule has 4 N–H and O–H groups in total. The number of carbonyl (C=O) groups excluding carboxylic acids is 1. The van der Waals surface area contributed by atoms with Crippen LogP contribution < -0.4 is 16.4 Å². The molecule has 3 rings (SSSR count). The van der Waals surface area contributed by atoms with Gasteiger partial charge in [-0.15, -0.1) is 0 Å². The van der Waals surface area contributed by atoms with Crippen LogP contribution >= 0.6 is 11.6 Å². The lowest BCUT2D eigenvalue weighted by Gasteiger charge is -2.42. The number of carbonyl (C=O) groups is 1. The van der Waals surface area contributed by atoms with Crippen LogP contribution in [0.3, 0.4) is 0 Å². The summed E-state index contributed by atoms with van der Waals surface area (Å²) < 4.78 is 39.9. The summed E-state index contributed by atoms with van der Waals surface area (Å²) in [6, 6.07) is 3.12. The Labute approximate surface area is 204 Å². The fourth-order valence-corrected chi connectivity index (χ4v) is 4.92. The molecular formula is C25H34ClF3N4O. The second-order valence-corrected chi connectivity index (χ2v) is 11.1. The standard InChI is InChI=1S/C25H34ClF3N4O/c1-14(16-11-17(25(27,28)29)13-18(30)12-16)31-21-19-10-15(6-7-20(34)23(2,3)4)8-9-24(19,5)33-22(26)32-21/h11-15,31H,6-10,30H2,1-5H3,(H,32,33)/t14-,15?,24?/m1/s1. The molecule has 5 nitrogen and oxygen atoms in total. The highest BCUT2D eigenvalue weighted by atomic mass is 35.5. The maximum absolute atomic E-state index is 13.3. The summed E-state index contributed by atoms with van der Waals surface area (Å²) in [4.78, 5) is 17.1. The number of hydrogen-bond donors (Lipinski definition) is 3. The van der Waals surface area contributed by atoms with Crippen molar-refractivity contribution in [3.63, 3.8) is 0 Å². The highest BCUT2D eigenvalue weighted by molar-refractivity contribution is 6.65. The minimum atomic E-state index is -4.48. The topological polar surface area (TPSA) is 79.5 Å². The maximum Gasteiger partial charge on any atom is 0.416 e. The molecule has 34 heavy (non-hydrogen) atoms. The van der Waals surface area contributed by atoms with Crippen LogP contribution in [-0.2, 0) is 11.0 Å². The van der Waals surface area contributed by atoms with Gasteiger partial charge in [0.15, 0.2) is 5.29 Å². The quantitative estimate of drug-likeness (QED) is 0.317. The molecule has 0 saturated heterocycles. The number of fused-ring (bicyclic) bond motifs is 1. The predicted octanol–water partition coefficient (Wildman–Crippen LogP) is 6.30. The van der Waals surface area contributed by atoms with Crippen molar-refractivity contribution in [1.29, 1.82) is 0 Å². The van der Waals surface area contributed by atoms with Crippen molar-refractivity contribution in [1.82, 2.24) is 10.6 Å². The van der Waals surface area contributed by atoms with Gasteiger partial charge in [0, 0.05) is 23.6 Å². The molecule has 3 atom stereocenters. The van der Waals surface area contributed by atoms with Gasteiger partial charge in [0.05, 0.1) is 11.1 Å². The summed E-state index contributed by atoms with van der Waals surface area (Å²) in [5, 5.41) is 6.63. The molecule has 1 aromatic carbocycles. The number of nitrogens with two attached hydrogens (primary N) is 1. The lowest BCUT2D eigenvalue weighted by atomic mass is 9.71.